The predicted octanol–water partition coefficient (Wildman–Crippen LogP) is 2.04. The normalized spacial score (nSPS) is 19.3. The van der Waals surface area contributed by atoms with Crippen molar-refractivity contribution >= 4 is 12.0 Å². The molecule has 3 heterocycles. The van der Waals surface area contributed by atoms with Crippen molar-refractivity contribution in [2.24, 2.45) is 0 Å². The van der Waals surface area contributed by atoms with Crippen LogP contribution < -0.4 is 5.32 Å². The minimum atomic E-state index is -0.317. The van der Waals surface area contributed by atoms with Crippen LogP contribution in [0.3, 0.4) is 0 Å². The maximum Gasteiger partial charge on any atom is 0.409 e. The van der Waals surface area contributed by atoms with Crippen molar-refractivity contribution in [3.05, 3.63) is 47.0 Å². The summed E-state index contributed by atoms with van der Waals surface area (Å²) in [5.41, 5.74) is 1.71. The van der Waals surface area contributed by atoms with Gasteiger partial charge in [0.15, 0.2) is 5.69 Å². The fraction of sp³-hybridized carbons (Fsp3) is 0.500. The Kier molecular flexibility index (Phi) is 5.93. The smallest absolute Gasteiger partial charge is 0.409 e. The lowest BCUT2D eigenvalue weighted by molar-refractivity contribution is -0.00182. The number of aromatic nitrogens is 3. The summed E-state index contributed by atoms with van der Waals surface area (Å²) in [5.74, 6) is -0.599. The Morgan fingerprint density at radius 3 is 2.70 bits per heavy atom. The van der Waals surface area contributed by atoms with Crippen LogP contribution in [0, 0.1) is 5.82 Å². The lowest BCUT2D eigenvalue weighted by Gasteiger charge is -2.31. The number of carbonyl (C=O) groups is 2. The zero-order valence-corrected chi connectivity index (χ0v) is 16.7. The van der Waals surface area contributed by atoms with Crippen LogP contribution in [0.5, 0.6) is 0 Å². The van der Waals surface area contributed by atoms with Gasteiger partial charge in [-0.1, -0.05) is 17.3 Å². The van der Waals surface area contributed by atoms with E-state index in [-0.39, 0.29) is 42.3 Å². The molecule has 2 aromatic rings. The monoisotopic (exact) mass is 417 g/mol. The van der Waals surface area contributed by atoms with Crippen molar-refractivity contribution in [2.75, 3.05) is 19.7 Å². The van der Waals surface area contributed by atoms with E-state index in [4.69, 9.17) is 9.47 Å². The molecule has 1 N–H and O–H groups in total. The summed E-state index contributed by atoms with van der Waals surface area (Å²) in [5, 5.41) is 11.1. The maximum absolute atomic E-state index is 13.1. The van der Waals surface area contributed by atoms with Gasteiger partial charge >= 0.3 is 6.09 Å². The third kappa shape index (κ3) is 4.28. The van der Waals surface area contributed by atoms with Gasteiger partial charge in [-0.3, -0.25) is 4.79 Å². The van der Waals surface area contributed by atoms with E-state index in [1.807, 2.05) is 0 Å². The molecule has 9 nitrogen and oxygen atoms in total. The predicted molar refractivity (Wildman–Crippen MR) is 103 cm³/mol. The molecule has 0 unspecified atom stereocenters. The summed E-state index contributed by atoms with van der Waals surface area (Å²) in [6.07, 6.45) is 0.708. The van der Waals surface area contributed by atoms with E-state index >= 15 is 0 Å². The molecule has 10 heteroatoms. The Bertz CT molecular complexity index is 908. The Labute approximate surface area is 173 Å². The molecule has 1 aromatic heterocycles. The van der Waals surface area contributed by atoms with Crippen molar-refractivity contribution in [3.63, 3.8) is 0 Å². The summed E-state index contributed by atoms with van der Waals surface area (Å²) in [4.78, 5) is 26.2. The molecule has 1 fully saturated rings. The second-order valence-corrected chi connectivity index (χ2v) is 7.35. The molecule has 0 bridgehead atoms. The van der Waals surface area contributed by atoms with Crippen molar-refractivity contribution < 1.29 is 23.5 Å². The minimum Gasteiger partial charge on any atom is -0.450 e. The standard InChI is InChI=1S/C20H24FN5O4/c1-2-29-20(28)25-9-7-15(8-10-25)22-19(27)18-16-12-30-17(11-26(16)24-23-18)13-3-5-14(21)6-4-13/h3-6,15,17H,2,7-12H2,1H3,(H,22,27)/t17-/m0/s1. The van der Waals surface area contributed by atoms with Gasteiger partial charge in [-0.05, 0) is 37.5 Å². The molecule has 4 rings (SSSR count). The number of likely N-dealkylation sites (tertiary alicyclic amines) is 1. The molecule has 1 aromatic carbocycles. The Balaban J connectivity index is 1.35. The van der Waals surface area contributed by atoms with Crippen molar-refractivity contribution in [2.45, 2.75) is 45.1 Å². The Morgan fingerprint density at radius 2 is 2.00 bits per heavy atom. The molecule has 0 radical (unpaired) electrons. The summed E-state index contributed by atoms with van der Waals surface area (Å²) in [7, 11) is 0. The highest BCUT2D eigenvalue weighted by molar-refractivity contribution is 5.93. The SMILES string of the molecule is CCOC(=O)N1CCC(NC(=O)c2nnn3c2CO[C@H](c2ccc(F)cc2)C3)CC1. The average molecular weight is 417 g/mol. The van der Waals surface area contributed by atoms with E-state index < -0.39 is 0 Å². The largest absolute Gasteiger partial charge is 0.450 e. The van der Waals surface area contributed by atoms with Crippen molar-refractivity contribution in [3.8, 4) is 0 Å². The van der Waals surface area contributed by atoms with Gasteiger partial charge in [0.05, 0.1) is 25.5 Å². The summed E-state index contributed by atoms with van der Waals surface area (Å²) >= 11 is 0. The van der Waals surface area contributed by atoms with Gasteiger partial charge in [-0.2, -0.15) is 0 Å². The van der Waals surface area contributed by atoms with Gasteiger partial charge in [-0.15, -0.1) is 5.10 Å². The van der Waals surface area contributed by atoms with Gasteiger partial charge in [0, 0.05) is 19.1 Å². The lowest BCUT2D eigenvalue weighted by atomic mass is 10.0. The minimum absolute atomic E-state index is 0.0444. The number of piperidine rings is 1. The summed E-state index contributed by atoms with van der Waals surface area (Å²) in [6, 6.07) is 6.09. The van der Waals surface area contributed by atoms with E-state index in [0.717, 1.165) is 5.56 Å². The Hall–Kier alpha value is -3.01. The number of nitrogens with zero attached hydrogens (tertiary/aromatic N) is 4. The molecular weight excluding hydrogens is 393 g/mol. The van der Waals surface area contributed by atoms with Crippen LogP contribution in [-0.4, -0.2) is 57.6 Å². The van der Waals surface area contributed by atoms with E-state index in [1.165, 1.54) is 12.1 Å². The molecule has 2 aliphatic heterocycles. The third-order valence-corrected chi connectivity index (χ3v) is 5.41. The molecule has 0 spiro atoms. The van der Waals surface area contributed by atoms with E-state index in [1.54, 1.807) is 28.6 Å². The number of ether oxygens (including phenoxy) is 2. The number of fused-ring (bicyclic) bond motifs is 1. The first-order chi connectivity index (χ1) is 14.5. The highest BCUT2D eigenvalue weighted by Gasteiger charge is 2.30. The number of carbonyl (C=O) groups excluding carboxylic acids is 2. The number of hydrogen-bond acceptors (Lipinski definition) is 6. The van der Waals surface area contributed by atoms with Crippen LogP contribution in [0.2, 0.25) is 0 Å². The van der Waals surface area contributed by atoms with E-state index in [2.05, 4.69) is 15.6 Å². The molecule has 1 atom stereocenters. The number of benzene rings is 1. The zero-order chi connectivity index (χ0) is 21.1. The highest BCUT2D eigenvalue weighted by atomic mass is 19.1. The van der Waals surface area contributed by atoms with E-state index in [0.29, 0.717) is 44.8 Å². The number of nitrogens with one attached hydrogen (secondary N) is 1. The maximum atomic E-state index is 13.1. The van der Waals surface area contributed by atoms with Gasteiger partial charge < -0.3 is 19.7 Å². The Morgan fingerprint density at radius 1 is 1.27 bits per heavy atom. The lowest BCUT2D eigenvalue weighted by Crippen LogP contribution is -2.47. The molecule has 1 saturated heterocycles. The fourth-order valence-corrected chi connectivity index (χ4v) is 3.74. The van der Waals surface area contributed by atoms with Crippen LogP contribution in [0.15, 0.2) is 24.3 Å². The van der Waals surface area contributed by atoms with E-state index in [9.17, 15) is 14.0 Å². The van der Waals surface area contributed by atoms with Gasteiger partial charge in [0.2, 0.25) is 0 Å². The molecule has 30 heavy (non-hydrogen) atoms. The average Bonchev–Trinajstić information content (AvgIpc) is 3.18. The second kappa shape index (κ2) is 8.78. The number of amides is 2. The zero-order valence-electron chi connectivity index (χ0n) is 16.7. The van der Waals surface area contributed by atoms with Crippen molar-refractivity contribution in [1.29, 1.82) is 0 Å². The van der Waals surface area contributed by atoms with Gasteiger partial charge in [0.1, 0.15) is 11.9 Å². The molecular formula is C20H24FN5O4. The molecule has 0 saturated carbocycles. The molecule has 0 aliphatic carbocycles. The van der Waals surface area contributed by atoms with Crippen LogP contribution in [0.1, 0.15) is 47.6 Å². The second-order valence-electron chi connectivity index (χ2n) is 7.35. The third-order valence-electron chi connectivity index (χ3n) is 5.41. The number of rotatable bonds is 4. The first-order valence-electron chi connectivity index (χ1n) is 10.1. The quantitative estimate of drug-likeness (QED) is 0.818. The fourth-order valence-electron chi connectivity index (χ4n) is 3.74. The number of hydrogen-bond donors (Lipinski definition) is 1. The van der Waals surface area contributed by atoms with Gasteiger partial charge in [0.25, 0.3) is 5.91 Å². The van der Waals surface area contributed by atoms with Crippen molar-refractivity contribution in [1.82, 2.24) is 25.2 Å². The van der Waals surface area contributed by atoms with Crippen LogP contribution in [0.4, 0.5) is 9.18 Å². The van der Waals surface area contributed by atoms with Crippen LogP contribution >= 0.6 is 0 Å². The number of halogens is 1. The summed E-state index contributed by atoms with van der Waals surface area (Å²) in [6.45, 7) is 3.78. The first-order valence-corrected chi connectivity index (χ1v) is 10.1. The summed E-state index contributed by atoms with van der Waals surface area (Å²) < 4.78 is 25.7. The van der Waals surface area contributed by atoms with Crippen LogP contribution in [-0.2, 0) is 22.6 Å². The molecule has 160 valence electrons. The van der Waals surface area contributed by atoms with Crippen LogP contribution in [0.25, 0.3) is 0 Å². The highest BCUT2D eigenvalue weighted by Crippen LogP contribution is 2.27. The first kappa shape index (κ1) is 20.3. The van der Waals surface area contributed by atoms with Gasteiger partial charge in [-0.25, -0.2) is 13.9 Å². The topological polar surface area (TPSA) is 98.6 Å². The molecule has 2 amide bonds. The molecule has 2 aliphatic rings.